The lowest BCUT2D eigenvalue weighted by Crippen LogP contribution is -2.31. The molecule has 0 saturated carbocycles. The highest BCUT2D eigenvalue weighted by Crippen LogP contribution is 2.16. The summed E-state index contributed by atoms with van der Waals surface area (Å²) in [5.41, 5.74) is 0. The Labute approximate surface area is 113 Å². The zero-order valence-electron chi connectivity index (χ0n) is 11.4. The maximum atomic E-state index is 11.6. The largest absolute Gasteiger partial charge is 0.477 e. The number of anilines is 1. The molecule has 0 aliphatic carbocycles. The summed E-state index contributed by atoms with van der Waals surface area (Å²) in [5, 5.41) is 3.30. The van der Waals surface area contributed by atoms with Crippen LogP contribution >= 0.6 is 0 Å². The van der Waals surface area contributed by atoms with Gasteiger partial charge >= 0.3 is 0 Å². The van der Waals surface area contributed by atoms with Crippen LogP contribution < -0.4 is 10.1 Å². The lowest BCUT2D eigenvalue weighted by atomic mass is 10.2. The van der Waals surface area contributed by atoms with Crippen molar-refractivity contribution in [1.29, 1.82) is 0 Å². The van der Waals surface area contributed by atoms with Crippen molar-refractivity contribution < 1.29 is 9.53 Å². The third kappa shape index (κ3) is 3.56. The molecular formula is C13H20N4O2. The van der Waals surface area contributed by atoms with Gasteiger partial charge in [0, 0.05) is 25.6 Å². The van der Waals surface area contributed by atoms with Gasteiger partial charge in [0.1, 0.15) is 5.82 Å². The fraction of sp³-hybridized carbons (Fsp3) is 0.615. The average Bonchev–Trinajstić information content (AvgIpc) is 2.87. The number of hydrogen-bond donors (Lipinski definition) is 1. The minimum absolute atomic E-state index is 0.207. The van der Waals surface area contributed by atoms with Crippen molar-refractivity contribution in [3.63, 3.8) is 0 Å². The van der Waals surface area contributed by atoms with Crippen molar-refractivity contribution in [3.8, 4) is 5.88 Å². The van der Waals surface area contributed by atoms with E-state index in [2.05, 4.69) is 15.3 Å². The van der Waals surface area contributed by atoms with Gasteiger partial charge in [0.05, 0.1) is 19.0 Å². The van der Waals surface area contributed by atoms with E-state index < -0.39 is 0 Å². The van der Waals surface area contributed by atoms with E-state index in [9.17, 15) is 4.79 Å². The normalized spacial score (nSPS) is 18.4. The topological polar surface area (TPSA) is 67.3 Å². The minimum Gasteiger partial charge on any atom is -0.477 e. The number of amides is 1. The van der Waals surface area contributed by atoms with Gasteiger partial charge in [-0.3, -0.25) is 9.78 Å². The van der Waals surface area contributed by atoms with E-state index in [1.165, 1.54) is 0 Å². The molecule has 19 heavy (non-hydrogen) atoms. The van der Waals surface area contributed by atoms with Gasteiger partial charge in [-0.25, -0.2) is 0 Å². The smallest absolute Gasteiger partial charge is 0.234 e. The quantitative estimate of drug-likeness (QED) is 0.868. The Morgan fingerprint density at radius 3 is 3.11 bits per heavy atom. The standard InChI is InChI=1S/C13H20N4O2/c1-3-13(18)17-6-5-10(9-17)15-11-7-14-8-12(16-11)19-4-2/h7-8,10H,3-6,9H2,1-2H3,(H,15,16). The summed E-state index contributed by atoms with van der Waals surface area (Å²) in [7, 11) is 0. The molecule has 1 saturated heterocycles. The van der Waals surface area contributed by atoms with Crippen molar-refractivity contribution in [3.05, 3.63) is 12.4 Å². The van der Waals surface area contributed by atoms with Gasteiger partial charge in [-0.15, -0.1) is 0 Å². The molecule has 0 spiro atoms. The molecule has 0 aromatic carbocycles. The van der Waals surface area contributed by atoms with Gasteiger partial charge < -0.3 is 15.0 Å². The third-order valence-corrected chi connectivity index (χ3v) is 3.10. The van der Waals surface area contributed by atoms with Gasteiger partial charge in [-0.2, -0.15) is 4.98 Å². The highest BCUT2D eigenvalue weighted by atomic mass is 16.5. The fourth-order valence-corrected chi connectivity index (χ4v) is 2.17. The van der Waals surface area contributed by atoms with Gasteiger partial charge in [0.2, 0.25) is 11.8 Å². The van der Waals surface area contributed by atoms with Gasteiger partial charge in [-0.1, -0.05) is 6.92 Å². The predicted molar refractivity (Wildman–Crippen MR) is 72.1 cm³/mol. The summed E-state index contributed by atoms with van der Waals surface area (Å²) in [6.45, 7) is 5.91. The van der Waals surface area contributed by atoms with Gasteiger partial charge in [0.25, 0.3) is 0 Å². The second-order valence-corrected chi connectivity index (χ2v) is 4.50. The molecule has 0 radical (unpaired) electrons. The first-order valence-corrected chi connectivity index (χ1v) is 6.72. The number of carbonyl (C=O) groups is 1. The summed E-state index contributed by atoms with van der Waals surface area (Å²) in [6.07, 6.45) is 4.77. The molecule has 1 aliphatic rings. The fourth-order valence-electron chi connectivity index (χ4n) is 2.17. The maximum Gasteiger partial charge on any atom is 0.234 e. The first kappa shape index (κ1) is 13.6. The van der Waals surface area contributed by atoms with E-state index >= 15 is 0 Å². The molecular weight excluding hydrogens is 244 g/mol. The Hall–Kier alpha value is -1.85. The number of nitrogens with zero attached hydrogens (tertiary/aromatic N) is 3. The van der Waals surface area contributed by atoms with Gasteiger partial charge in [-0.05, 0) is 13.3 Å². The molecule has 6 nitrogen and oxygen atoms in total. The second-order valence-electron chi connectivity index (χ2n) is 4.50. The lowest BCUT2D eigenvalue weighted by Gasteiger charge is -2.16. The number of ether oxygens (including phenoxy) is 1. The van der Waals surface area contributed by atoms with Crippen molar-refractivity contribution in [2.75, 3.05) is 25.0 Å². The monoisotopic (exact) mass is 264 g/mol. The molecule has 1 N–H and O–H groups in total. The maximum absolute atomic E-state index is 11.6. The van der Waals surface area contributed by atoms with Crippen LogP contribution in [0.15, 0.2) is 12.4 Å². The molecule has 1 aromatic heterocycles. The summed E-state index contributed by atoms with van der Waals surface area (Å²) < 4.78 is 5.31. The van der Waals surface area contributed by atoms with E-state index in [0.717, 1.165) is 19.5 Å². The number of rotatable bonds is 5. The number of nitrogens with one attached hydrogen (secondary N) is 1. The van der Waals surface area contributed by atoms with Crippen molar-refractivity contribution >= 4 is 11.7 Å². The summed E-state index contributed by atoms with van der Waals surface area (Å²) in [5.74, 6) is 1.42. The molecule has 2 heterocycles. The summed E-state index contributed by atoms with van der Waals surface area (Å²) in [4.78, 5) is 21.9. The Bertz CT molecular complexity index is 438. The van der Waals surface area contributed by atoms with Gasteiger partial charge in [0.15, 0.2) is 0 Å². The van der Waals surface area contributed by atoms with Crippen molar-refractivity contribution in [2.45, 2.75) is 32.7 Å². The molecule has 6 heteroatoms. The van der Waals surface area contributed by atoms with Crippen LogP contribution in [0.5, 0.6) is 5.88 Å². The number of aromatic nitrogens is 2. The van der Waals surface area contributed by atoms with E-state index in [1.54, 1.807) is 12.4 Å². The average molecular weight is 264 g/mol. The Balaban J connectivity index is 1.91. The molecule has 2 rings (SSSR count). The van der Waals surface area contributed by atoms with Crippen LogP contribution in [-0.4, -0.2) is 46.5 Å². The molecule has 1 aliphatic heterocycles. The molecule has 1 unspecified atom stereocenters. The minimum atomic E-state index is 0.207. The van der Waals surface area contributed by atoms with Crippen LogP contribution in [0.4, 0.5) is 5.82 Å². The first-order valence-electron chi connectivity index (χ1n) is 6.72. The van der Waals surface area contributed by atoms with Crippen LogP contribution in [-0.2, 0) is 4.79 Å². The SMILES string of the molecule is CCOc1cncc(NC2CCN(C(=O)CC)C2)n1. The van der Waals surface area contributed by atoms with E-state index in [0.29, 0.717) is 24.7 Å². The molecule has 1 atom stereocenters. The van der Waals surface area contributed by atoms with Crippen molar-refractivity contribution in [2.24, 2.45) is 0 Å². The Morgan fingerprint density at radius 1 is 1.53 bits per heavy atom. The van der Waals surface area contributed by atoms with E-state index in [-0.39, 0.29) is 11.9 Å². The van der Waals surface area contributed by atoms with Crippen LogP contribution in [0, 0.1) is 0 Å². The Kier molecular flexibility index (Phi) is 4.54. The van der Waals surface area contributed by atoms with Crippen LogP contribution in [0.25, 0.3) is 0 Å². The molecule has 0 bridgehead atoms. The lowest BCUT2D eigenvalue weighted by molar-refractivity contribution is -0.129. The molecule has 1 fully saturated rings. The van der Waals surface area contributed by atoms with E-state index in [1.807, 2.05) is 18.7 Å². The third-order valence-electron chi connectivity index (χ3n) is 3.10. The number of likely N-dealkylation sites (tertiary alicyclic amines) is 1. The molecule has 104 valence electrons. The molecule has 1 aromatic rings. The van der Waals surface area contributed by atoms with Crippen LogP contribution in [0.2, 0.25) is 0 Å². The molecule has 1 amide bonds. The van der Waals surface area contributed by atoms with Crippen molar-refractivity contribution in [1.82, 2.24) is 14.9 Å². The second kappa shape index (κ2) is 6.36. The number of hydrogen-bond acceptors (Lipinski definition) is 5. The first-order chi connectivity index (χ1) is 9.22. The summed E-state index contributed by atoms with van der Waals surface area (Å²) >= 11 is 0. The van der Waals surface area contributed by atoms with E-state index in [4.69, 9.17) is 4.74 Å². The predicted octanol–water partition coefficient (Wildman–Crippen LogP) is 1.30. The van der Waals surface area contributed by atoms with Crippen LogP contribution in [0.3, 0.4) is 0 Å². The summed E-state index contributed by atoms with van der Waals surface area (Å²) in [6, 6.07) is 0.238. The zero-order valence-corrected chi connectivity index (χ0v) is 11.4. The highest BCUT2D eigenvalue weighted by Gasteiger charge is 2.25. The highest BCUT2D eigenvalue weighted by molar-refractivity contribution is 5.76. The zero-order chi connectivity index (χ0) is 13.7. The number of carbonyl (C=O) groups excluding carboxylic acids is 1. The Morgan fingerprint density at radius 2 is 2.37 bits per heavy atom. The van der Waals surface area contributed by atoms with Crippen LogP contribution in [0.1, 0.15) is 26.7 Å².